The highest BCUT2D eigenvalue weighted by atomic mass is 16.5. The molecule has 10 heteroatoms. The van der Waals surface area contributed by atoms with E-state index in [1.54, 1.807) is 72.8 Å². The van der Waals surface area contributed by atoms with Gasteiger partial charge in [-0.25, -0.2) is 4.90 Å². The number of amides is 4. The second-order valence-corrected chi connectivity index (χ2v) is 17.1. The molecule has 60 heavy (non-hydrogen) atoms. The molecule has 6 aromatic carbocycles. The van der Waals surface area contributed by atoms with Crippen molar-refractivity contribution in [3.63, 3.8) is 0 Å². The summed E-state index contributed by atoms with van der Waals surface area (Å²) in [4.78, 5) is 54.6. The summed E-state index contributed by atoms with van der Waals surface area (Å²) in [5.74, 6) is 2.47. The molecule has 0 spiro atoms. The van der Waals surface area contributed by atoms with Crippen LogP contribution in [0.5, 0.6) is 46.0 Å². The van der Waals surface area contributed by atoms with Gasteiger partial charge in [0.1, 0.15) is 34.5 Å². The third-order valence-corrected chi connectivity index (χ3v) is 10.5. The molecule has 8 rings (SSSR count). The molecule has 0 aliphatic carbocycles. The van der Waals surface area contributed by atoms with Crippen molar-refractivity contribution >= 4 is 29.3 Å². The van der Waals surface area contributed by atoms with Crippen LogP contribution in [0.4, 0.5) is 5.69 Å². The number of hydrogen-bond donors (Lipinski definition) is 0. The fourth-order valence-electron chi connectivity index (χ4n) is 7.09. The van der Waals surface area contributed by atoms with Crippen molar-refractivity contribution in [1.82, 2.24) is 4.90 Å². The number of nitrogens with zero attached hydrogens (tertiary/aromatic N) is 2. The Bertz CT molecular complexity index is 2720. The van der Waals surface area contributed by atoms with Crippen molar-refractivity contribution in [3.05, 3.63) is 160 Å². The number of rotatable bonds is 9. The average molecular weight is 801 g/mol. The Labute approximate surface area is 348 Å². The van der Waals surface area contributed by atoms with Crippen LogP contribution >= 0.6 is 0 Å². The largest absolute Gasteiger partial charge is 0.457 e. The van der Waals surface area contributed by atoms with Crippen LogP contribution in [0.15, 0.2) is 121 Å². The lowest BCUT2D eigenvalue weighted by Gasteiger charge is -2.23. The Morgan fingerprint density at radius 2 is 0.883 bits per heavy atom. The van der Waals surface area contributed by atoms with Crippen LogP contribution in [0.25, 0.3) is 0 Å². The van der Waals surface area contributed by atoms with Gasteiger partial charge in [0.05, 0.1) is 27.9 Å². The summed E-state index contributed by atoms with van der Waals surface area (Å²) in [7, 11) is 1.45. The van der Waals surface area contributed by atoms with Gasteiger partial charge in [-0.2, -0.15) is 0 Å². The third kappa shape index (κ3) is 7.59. The van der Waals surface area contributed by atoms with Crippen molar-refractivity contribution in [2.75, 3.05) is 11.9 Å². The first-order chi connectivity index (χ1) is 28.4. The molecule has 2 heterocycles. The van der Waals surface area contributed by atoms with Gasteiger partial charge in [-0.3, -0.25) is 24.1 Å². The number of hydrogen-bond acceptors (Lipinski definition) is 8. The van der Waals surface area contributed by atoms with Crippen LogP contribution in [0.3, 0.4) is 0 Å². The van der Waals surface area contributed by atoms with Crippen LogP contribution in [0.1, 0.15) is 99.7 Å². The fourth-order valence-corrected chi connectivity index (χ4v) is 7.09. The smallest absolute Gasteiger partial charge is 0.266 e. The van der Waals surface area contributed by atoms with Gasteiger partial charge in [0.15, 0.2) is 11.5 Å². The van der Waals surface area contributed by atoms with Crippen molar-refractivity contribution in [1.29, 1.82) is 0 Å². The van der Waals surface area contributed by atoms with Gasteiger partial charge in [0.2, 0.25) is 0 Å². The lowest BCUT2D eigenvalue weighted by Crippen LogP contribution is -2.29. The highest BCUT2D eigenvalue weighted by Crippen LogP contribution is 2.42. The molecular weight excluding hydrogens is 757 g/mol. The zero-order chi connectivity index (χ0) is 42.7. The molecule has 0 radical (unpaired) electrons. The van der Waals surface area contributed by atoms with Crippen LogP contribution in [-0.4, -0.2) is 35.6 Å². The number of carbonyl (C=O) groups is 4. The van der Waals surface area contributed by atoms with E-state index in [9.17, 15) is 19.2 Å². The van der Waals surface area contributed by atoms with E-state index in [0.29, 0.717) is 62.8 Å². The first-order valence-corrected chi connectivity index (χ1v) is 19.6. The van der Waals surface area contributed by atoms with Crippen LogP contribution in [0.2, 0.25) is 0 Å². The molecule has 0 bridgehead atoms. The van der Waals surface area contributed by atoms with E-state index in [0.717, 1.165) is 26.5 Å². The molecule has 2 aliphatic rings. The number of carbonyl (C=O) groups excluding carboxylic acids is 4. The van der Waals surface area contributed by atoms with E-state index in [-0.39, 0.29) is 28.4 Å². The minimum absolute atomic E-state index is 0.112. The van der Waals surface area contributed by atoms with Crippen molar-refractivity contribution in [2.24, 2.45) is 0 Å². The number of benzene rings is 6. The molecule has 0 fully saturated rings. The number of fused-ring (bicyclic) bond motifs is 2. The van der Waals surface area contributed by atoms with Gasteiger partial charge in [0.25, 0.3) is 23.6 Å². The molecule has 0 atom stereocenters. The summed E-state index contributed by atoms with van der Waals surface area (Å²) in [5, 5.41) is 0. The number of aryl methyl sites for hydroxylation is 1. The van der Waals surface area contributed by atoms with Gasteiger partial charge in [-0.05, 0) is 126 Å². The number of imide groups is 2. The molecule has 0 unspecified atom stereocenters. The Kier molecular flexibility index (Phi) is 9.82. The van der Waals surface area contributed by atoms with E-state index in [1.165, 1.54) is 7.05 Å². The molecule has 0 saturated carbocycles. The molecule has 0 N–H and O–H groups in total. The van der Waals surface area contributed by atoms with Gasteiger partial charge >= 0.3 is 0 Å². The second kappa shape index (κ2) is 14.9. The van der Waals surface area contributed by atoms with Crippen LogP contribution in [-0.2, 0) is 10.8 Å². The highest BCUT2D eigenvalue weighted by molar-refractivity contribution is 6.34. The predicted molar refractivity (Wildman–Crippen MR) is 229 cm³/mol. The SMILES string of the molecule is Cc1ccc(Oc2cc(C(C)(C)C)ccc2Oc2ccc(N3C(=O)c4ccc(Oc5ccc(Oc6ccc7c(c6)C(=O)N(C)C7=O)cc5C(C)(C)C)cc4C3=O)cc2)cc1. The van der Waals surface area contributed by atoms with Crippen molar-refractivity contribution < 1.29 is 38.1 Å². The maximum atomic E-state index is 13.9. The maximum absolute atomic E-state index is 13.9. The van der Waals surface area contributed by atoms with Crippen molar-refractivity contribution in [3.8, 4) is 46.0 Å². The lowest BCUT2D eigenvalue weighted by molar-refractivity contribution is 0.0692. The molecule has 10 nitrogen and oxygen atoms in total. The minimum atomic E-state index is -0.471. The second-order valence-electron chi connectivity index (χ2n) is 17.1. The van der Waals surface area contributed by atoms with E-state index in [1.807, 2.05) is 76.2 Å². The van der Waals surface area contributed by atoms with Gasteiger partial charge in [-0.1, -0.05) is 65.3 Å². The Morgan fingerprint density at radius 3 is 1.52 bits per heavy atom. The molecular formula is C50H44N2O8. The lowest BCUT2D eigenvalue weighted by atomic mass is 9.86. The highest BCUT2D eigenvalue weighted by Gasteiger charge is 2.37. The monoisotopic (exact) mass is 800 g/mol. The van der Waals surface area contributed by atoms with E-state index >= 15 is 0 Å². The molecule has 302 valence electrons. The zero-order valence-electron chi connectivity index (χ0n) is 34.7. The van der Waals surface area contributed by atoms with E-state index < -0.39 is 17.2 Å². The summed E-state index contributed by atoms with van der Waals surface area (Å²) in [5.41, 5.74) is 4.05. The summed E-state index contributed by atoms with van der Waals surface area (Å²) < 4.78 is 25.1. The van der Waals surface area contributed by atoms with Crippen LogP contribution in [0, 0.1) is 6.92 Å². The molecule has 0 aromatic heterocycles. The van der Waals surface area contributed by atoms with Crippen molar-refractivity contribution in [2.45, 2.75) is 59.3 Å². The Morgan fingerprint density at radius 1 is 0.417 bits per heavy atom. The summed E-state index contributed by atoms with van der Waals surface area (Å²) in [6, 6.07) is 35.5. The van der Waals surface area contributed by atoms with E-state index in [4.69, 9.17) is 18.9 Å². The third-order valence-electron chi connectivity index (χ3n) is 10.5. The van der Waals surface area contributed by atoms with Gasteiger partial charge < -0.3 is 18.9 Å². The summed E-state index contributed by atoms with van der Waals surface area (Å²) in [6.07, 6.45) is 0. The summed E-state index contributed by atoms with van der Waals surface area (Å²) in [6.45, 7) is 14.5. The molecule has 4 amide bonds. The number of ether oxygens (including phenoxy) is 4. The fraction of sp³-hybridized carbons (Fsp3) is 0.200. The first-order valence-electron chi connectivity index (χ1n) is 19.6. The first kappa shape index (κ1) is 39.6. The van der Waals surface area contributed by atoms with E-state index in [2.05, 4.69) is 20.8 Å². The molecule has 2 aliphatic heterocycles. The minimum Gasteiger partial charge on any atom is -0.457 e. The molecule has 6 aromatic rings. The predicted octanol–water partition coefficient (Wildman–Crippen LogP) is 11.8. The van der Waals surface area contributed by atoms with Gasteiger partial charge in [-0.15, -0.1) is 0 Å². The standard InChI is InChI=1S/C50H44N2O8/c1-29-9-14-32(15-10-29)59-44-25-30(49(2,3)4)11-23-43(44)58-33-16-12-31(13-17-33)52-47(55)38-22-19-35(27-40(38)48(52)56)60-42-24-20-36(28-41(42)50(5,6)7)57-34-18-21-37-39(26-34)46(54)51(8)45(37)53/h9-28H,1-8H3. The Hall–Kier alpha value is -7.20. The topological polar surface area (TPSA) is 112 Å². The van der Waals surface area contributed by atoms with Gasteiger partial charge in [0, 0.05) is 12.6 Å². The zero-order valence-corrected chi connectivity index (χ0v) is 34.7. The average Bonchev–Trinajstić information content (AvgIpc) is 3.58. The maximum Gasteiger partial charge on any atom is 0.266 e. The van der Waals surface area contributed by atoms with Crippen LogP contribution < -0.4 is 23.8 Å². The Balaban J connectivity index is 0.993. The normalized spacial score (nSPS) is 13.7. The quantitative estimate of drug-likeness (QED) is 0.133. The molecule has 0 saturated heterocycles. The number of anilines is 1. The summed E-state index contributed by atoms with van der Waals surface area (Å²) >= 11 is 0.